The summed E-state index contributed by atoms with van der Waals surface area (Å²) in [5.74, 6) is 0. The Morgan fingerprint density at radius 1 is 0.268 bits per heavy atom. The molecular weight excluding hydrogens is 855 g/mol. The van der Waals surface area contributed by atoms with E-state index in [4.69, 9.17) is 0 Å². The van der Waals surface area contributed by atoms with Crippen molar-refractivity contribution in [3.63, 3.8) is 0 Å². The fraction of sp³-hybridized carbons (Fsp3) is 0.0571. The van der Waals surface area contributed by atoms with Crippen LogP contribution < -0.4 is 4.90 Å². The van der Waals surface area contributed by atoms with Crippen molar-refractivity contribution in [3.8, 4) is 66.8 Å². The number of nitrogens with zero attached hydrogens (tertiary/aromatic N) is 1. The van der Waals surface area contributed by atoms with Crippen molar-refractivity contribution >= 4 is 17.1 Å². The lowest BCUT2D eigenvalue weighted by atomic mass is 9.67. The minimum atomic E-state index is -0.568. The van der Waals surface area contributed by atoms with Crippen LogP contribution in [0.15, 0.2) is 273 Å². The summed E-state index contributed by atoms with van der Waals surface area (Å²) in [6, 6.07) is 101. The number of anilines is 3. The van der Waals surface area contributed by atoms with Crippen molar-refractivity contribution in [1.82, 2.24) is 0 Å². The maximum atomic E-state index is 2.53. The van der Waals surface area contributed by atoms with Crippen LogP contribution in [-0.2, 0) is 10.8 Å². The lowest BCUT2D eigenvalue weighted by molar-refractivity contribution is 0.660. The lowest BCUT2D eigenvalue weighted by Gasteiger charge is -2.35. The quantitative estimate of drug-likeness (QED) is 0.139. The van der Waals surface area contributed by atoms with Gasteiger partial charge in [0.05, 0.1) is 11.1 Å². The monoisotopic (exact) mass is 905 g/mol. The molecule has 1 heteroatoms. The predicted octanol–water partition coefficient (Wildman–Crippen LogP) is 18.5. The van der Waals surface area contributed by atoms with E-state index in [1.807, 2.05) is 0 Å². The maximum Gasteiger partial charge on any atom is 0.0714 e. The average Bonchev–Trinajstić information content (AvgIpc) is 3.87. The van der Waals surface area contributed by atoms with Gasteiger partial charge in [0.1, 0.15) is 0 Å². The van der Waals surface area contributed by atoms with Gasteiger partial charge in [0, 0.05) is 22.4 Å². The van der Waals surface area contributed by atoms with Gasteiger partial charge >= 0.3 is 0 Å². The molecule has 11 aromatic rings. The zero-order valence-corrected chi connectivity index (χ0v) is 39.9. The number of hydrogen-bond acceptors (Lipinski definition) is 1. The van der Waals surface area contributed by atoms with Crippen LogP contribution in [0.1, 0.15) is 47.2 Å². The van der Waals surface area contributed by atoms with Crippen molar-refractivity contribution in [3.05, 3.63) is 306 Å². The average molecular weight is 906 g/mol. The molecule has 1 nitrogen and oxygen atoms in total. The molecule has 0 bridgehead atoms. The summed E-state index contributed by atoms with van der Waals surface area (Å²) in [6.45, 7) is 4.71. The highest BCUT2D eigenvalue weighted by molar-refractivity contribution is 6.02. The topological polar surface area (TPSA) is 3.24 Å². The molecule has 0 atom stereocenters. The Kier molecular flexibility index (Phi) is 10.1. The van der Waals surface area contributed by atoms with E-state index in [1.165, 1.54) is 100 Å². The maximum absolute atomic E-state index is 2.53. The molecule has 2 aliphatic rings. The Morgan fingerprint density at radius 2 is 0.732 bits per heavy atom. The second kappa shape index (κ2) is 17.0. The molecule has 0 aromatic heterocycles. The van der Waals surface area contributed by atoms with Gasteiger partial charge in [-0.15, -0.1) is 0 Å². The summed E-state index contributed by atoms with van der Waals surface area (Å²) in [5.41, 5.74) is 25.0. The van der Waals surface area contributed by atoms with Crippen LogP contribution in [-0.4, -0.2) is 0 Å². The normalized spacial score (nSPS) is 13.4. The van der Waals surface area contributed by atoms with Crippen molar-refractivity contribution < 1.29 is 0 Å². The third-order valence-corrected chi connectivity index (χ3v) is 15.4. The van der Waals surface area contributed by atoms with Crippen molar-refractivity contribution in [2.75, 3.05) is 4.90 Å². The highest BCUT2D eigenvalue weighted by atomic mass is 15.1. The lowest BCUT2D eigenvalue weighted by Crippen LogP contribution is -2.28. The number of fused-ring (bicyclic) bond motifs is 6. The van der Waals surface area contributed by atoms with Crippen molar-refractivity contribution in [1.29, 1.82) is 0 Å². The molecule has 0 aliphatic heterocycles. The van der Waals surface area contributed by atoms with Gasteiger partial charge in [-0.25, -0.2) is 0 Å². The van der Waals surface area contributed by atoms with Crippen LogP contribution in [0.3, 0.4) is 0 Å². The molecule has 71 heavy (non-hydrogen) atoms. The highest BCUT2D eigenvalue weighted by Gasteiger charge is 2.46. The largest absolute Gasteiger partial charge is 0.310 e. The molecule has 336 valence electrons. The number of benzene rings is 11. The molecule has 11 aromatic carbocycles. The van der Waals surface area contributed by atoms with Gasteiger partial charge in [-0.05, 0) is 131 Å². The van der Waals surface area contributed by atoms with Crippen LogP contribution in [0.25, 0.3) is 66.8 Å². The van der Waals surface area contributed by atoms with Gasteiger partial charge in [0.25, 0.3) is 0 Å². The minimum absolute atomic E-state index is 0.0682. The first kappa shape index (κ1) is 42.3. The first-order chi connectivity index (χ1) is 35.0. The third-order valence-electron chi connectivity index (χ3n) is 15.4. The van der Waals surface area contributed by atoms with Gasteiger partial charge in [-0.2, -0.15) is 0 Å². The van der Waals surface area contributed by atoms with Crippen LogP contribution in [0.5, 0.6) is 0 Å². The first-order valence-electron chi connectivity index (χ1n) is 24.8. The van der Waals surface area contributed by atoms with E-state index < -0.39 is 5.41 Å². The van der Waals surface area contributed by atoms with Gasteiger partial charge < -0.3 is 4.90 Å². The van der Waals surface area contributed by atoms with E-state index in [0.717, 1.165) is 17.1 Å². The number of hydrogen-bond donors (Lipinski definition) is 0. The van der Waals surface area contributed by atoms with E-state index in [0.29, 0.717) is 0 Å². The van der Waals surface area contributed by atoms with E-state index in [1.54, 1.807) is 0 Å². The Hall–Kier alpha value is -8.78. The Labute approximate surface area is 417 Å². The summed E-state index contributed by atoms with van der Waals surface area (Å²) >= 11 is 0. The van der Waals surface area contributed by atoms with E-state index in [9.17, 15) is 0 Å². The second-order valence-corrected chi connectivity index (χ2v) is 19.6. The van der Waals surface area contributed by atoms with Crippen LogP contribution in [0.2, 0.25) is 0 Å². The summed E-state index contributed by atoms with van der Waals surface area (Å²) in [5, 5.41) is 0. The summed E-state index contributed by atoms with van der Waals surface area (Å²) < 4.78 is 0. The predicted molar refractivity (Wildman–Crippen MR) is 298 cm³/mol. The summed E-state index contributed by atoms with van der Waals surface area (Å²) in [4.78, 5) is 2.53. The molecule has 0 amide bonds. The zero-order valence-electron chi connectivity index (χ0n) is 39.9. The first-order valence-corrected chi connectivity index (χ1v) is 24.8. The second-order valence-electron chi connectivity index (χ2n) is 19.6. The SMILES string of the molecule is CC1(C)c2ccccc2-c2cc(-c3cccc(N(c4ccc5c(c4)C(c4ccccc4)(c4ccccc4)c4ccccc4-5)c4cccc(-c5ccccc5)c4-c4ccccc4-c4ccccc4)c3)ccc21. The molecular formula is C70H51N. The van der Waals surface area contributed by atoms with Gasteiger partial charge in [0.2, 0.25) is 0 Å². The Balaban J connectivity index is 1.10. The Morgan fingerprint density at radius 3 is 1.41 bits per heavy atom. The third kappa shape index (κ3) is 6.76. The summed E-state index contributed by atoms with van der Waals surface area (Å²) in [6.07, 6.45) is 0. The van der Waals surface area contributed by atoms with Gasteiger partial charge in [0.15, 0.2) is 0 Å². The van der Waals surface area contributed by atoms with Crippen molar-refractivity contribution in [2.45, 2.75) is 24.7 Å². The standard InChI is InChI=1S/C70H51N/c1-69(2)63-38-19-17-35-59(63)62-46-51(41-44-64(62)69)50-27-21-32-54(45-50)71(67-40-22-37-57(49-25-9-4-10-26-49)68(67)61-36-16-15-33-56(61)48-23-7-3-8-24-48)55-42-43-60-58-34-18-20-39-65(58)70(66(60)47-55,52-28-11-5-12-29-52)53-30-13-6-14-31-53/h3-47H,1-2H3. The zero-order chi connectivity index (χ0) is 47.5. The molecule has 0 radical (unpaired) electrons. The van der Waals surface area contributed by atoms with Crippen molar-refractivity contribution in [2.24, 2.45) is 0 Å². The van der Waals surface area contributed by atoms with E-state index >= 15 is 0 Å². The van der Waals surface area contributed by atoms with Crippen LogP contribution >= 0.6 is 0 Å². The molecule has 0 N–H and O–H groups in total. The van der Waals surface area contributed by atoms with E-state index in [2.05, 4.69) is 292 Å². The molecule has 0 saturated heterocycles. The van der Waals surface area contributed by atoms with Gasteiger partial charge in [-0.1, -0.05) is 250 Å². The minimum Gasteiger partial charge on any atom is -0.310 e. The van der Waals surface area contributed by atoms with E-state index in [-0.39, 0.29) is 5.41 Å². The molecule has 0 unspecified atom stereocenters. The smallest absolute Gasteiger partial charge is 0.0714 e. The summed E-state index contributed by atoms with van der Waals surface area (Å²) in [7, 11) is 0. The van der Waals surface area contributed by atoms with Crippen LogP contribution in [0.4, 0.5) is 17.1 Å². The molecule has 0 fully saturated rings. The Bertz CT molecular complexity index is 3740. The van der Waals surface area contributed by atoms with Gasteiger partial charge in [-0.3, -0.25) is 0 Å². The molecule has 13 rings (SSSR count). The molecule has 0 heterocycles. The molecule has 0 saturated carbocycles. The fourth-order valence-electron chi connectivity index (χ4n) is 12.2. The van der Waals surface area contributed by atoms with Crippen LogP contribution in [0, 0.1) is 0 Å². The molecule has 2 aliphatic carbocycles. The highest BCUT2D eigenvalue weighted by Crippen LogP contribution is 2.58. The fourth-order valence-corrected chi connectivity index (χ4v) is 12.2. The number of rotatable bonds is 9. The molecule has 0 spiro atoms.